The standard InChI is InChI=1S/C10H16O3SSi/c1-15(2,3)10(14(11,12)13)9-7-5-4-6-8-9/h4-8,10H,1-3H3,(H,11,12,13). The van der Waals surface area contributed by atoms with Gasteiger partial charge in [0.2, 0.25) is 0 Å². The molecule has 84 valence electrons. The van der Waals surface area contributed by atoms with E-state index in [1.807, 2.05) is 25.7 Å². The Kier molecular flexibility index (Phi) is 3.37. The fraction of sp³-hybridized carbons (Fsp3) is 0.400. The fourth-order valence-electron chi connectivity index (χ4n) is 1.75. The first kappa shape index (κ1) is 12.4. The normalized spacial score (nSPS) is 14.9. The number of hydrogen-bond donors (Lipinski definition) is 1. The molecule has 1 atom stereocenters. The van der Waals surface area contributed by atoms with Crippen molar-refractivity contribution < 1.29 is 13.0 Å². The lowest BCUT2D eigenvalue weighted by atomic mass is 10.2. The zero-order valence-electron chi connectivity index (χ0n) is 9.14. The molecular weight excluding hydrogens is 228 g/mol. The molecule has 0 spiro atoms. The molecule has 0 aliphatic carbocycles. The minimum absolute atomic E-state index is 0.680. The summed E-state index contributed by atoms with van der Waals surface area (Å²) in [4.78, 5) is -0.744. The maximum Gasteiger partial charge on any atom is 0.269 e. The van der Waals surface area contributed by atoms with Gasteiger partial charge in [0.1, 0.15) is 4.87 Å². The van der Waals surface area contributed by atoms with Crippen LogP contribution in [0.5, 0.6) is 0 Å². The summed E-state index contributed by atoms with van der Waals surface area (Å²) in [6.45, 7) is 5.79. The van der Waals surface area contributed by atoms with E-state index in [0.717, 1.165) is 0 Å². The van der Waals surface area contributed by atoms with Crippen LogP contribution < -0.4 is 0 Å². The lowest BCUT2D eigenvalue weighted by Gasteiger charge is -2.26. The Morgan fingerprint density at radius 3 is 1.93 bits per heavy atom. The predicted molar refractivity (Wildman–Crippen MR) is 64.1 cm³/mol. The Morgan fingerprint density at radius 2 is 1.60 bits per heavy atom. The zero-order chi connectivity index (χ0) is 11.7. The number of benzene rings is 1. The van der Waals surface area contributed by atoms with Crippen LogP contribution in [0, 0.1) is 0 Å². The molecule has 0 aliphatic heterocycles. The molecule has 1 N–H and O–H groups in total. The van der Waals surface area contributed by atoms with Crippen LogP contribution in [0.1, 0.15) is 10.4 Å². The molecule has 3 nitrogen and oxygen atoms in total. The van der Waals surface area contributed by atoms with Crippen LogP contribution in [0.25, 0.3) is 0 Å². The van der Waals surface area contributed by atoms with Crippen molar-refractivity contribution in [1.29, 1.82) is 0 Å². The van der Waals surface area contributed by atoms with E-state index in [2.05, 4.69) is 0 Å². The second-order valence-electron chi connectivity index (χ2n) is 4.67. The quantitative estimate of drug-likeness (QED) is 0.656. The molecule has 0 aromatic heterocycles. The van der Waals surface area contributed by atoms with Gasteiger partial charge < -0.3 is 0 Å². The Hall–Kier alpha value is -0.653. The molecule has 0 heterocycles. The molecule has 15 heavy (non-hydrogen) atoms. The van der Waals surface area contributed by atoms with Gasteiger partial charge in [0.05, 0.1) is 8.07 Å². The van der Waals surface area contributed by atoms with Crippen molar-refractivity contribution in [3.63, 3.8) is 0 Å². The van der Waals surface area contributed by atoms with Crippen molar-refractivity contribution in [1.82, 2.24) is 0 Å². The molecule has 0 saturated heterocycles. The molecule has 1 rings (SSSR count). The van der Waals surface area contributed by atoms with E-state index < -0.39 is 23.1 Å². The monoisotopic (exact) mass is 244 g/mol. The molecule has 0 amide bonds. The first-order valence-corrected chi connectivity index (χ1v) is 9.82. The highest BCUT2D eigenvalue weighted by Gasteiger charge is 2.37. The molecule has 1 unspecified atom stereocenters. The van der Waals surface area contributed by atoms with Crippen LogP contribution in [0.15, 0.2) is 30.3 Å². The average molecular weight is 244 g/mol. The Labute approximate surface area is 91.9 Å². The highest BCUT2D eigenvalue weighted by molar-refractivity contribution is 7.88. The van der Waals surface area contributed by atoms with E-state index in [1.165, 1.54) is 0 Å². The summed E-state index contributed by atoms with van der Waals surface area (Å²) < 4.78 is 32.0. The van der Waals surface area contributed by atoms with Gasteiger partial charge in [-0.05, 0) is 5.56 Å². The third kappa shape index (κ3) is 3.15. The van der Waals surface area contributed by atoms with Crippen molar-refractivity contribution >= 4 is 18.2 Å². The average Bonchev–Trinajstić information content (AvgIpc) is 2.00. The van der Waals surface area contributed by atoms with Crippen LogP contribution in [0.3, 0.4) is 0 Å². The molecule has 0 fully saturated rings. The van der Waals surface area contributed by atoms with Gasteiger partial charge in [0, 0.05) is 0 Å². The summed E-state index contributed by atoms with van der Waals surface area (Å²) in [7, 11) is -6.01. The maximum atomic E-state index is 11.4. The molecule has 0 aliphatic rings. The fourth-order valence-corrected chi connectivity index (χ4v) is 7.01. The van der Waals surface area contributed by atoms with Gasteiger partial charge in [-0.1, -0.05) is 50.0 Å². The maximum absolute atomic E-state index is 11.4. The molecule has 0 radical (unpaired) electrons. The van der Waals surface area contributed by atoms with Crippen molar-refractivity contribution in [3.05, 3.63) is 35.9 Å². The van der Waals surface area contributed by atoms with Crippen LogP contribution >= 0.6 is 0 Å². The Bertz CT molecular complexity index is 420. The lowest BCUT2D eigenvalue weighted by molar-refractivity contribution is 0.479. The third-order valence-electron chi connectivity index (χ3n) is 2.19. The van der Waals surface area contributed by atoms with Gasteiger partial charge >= 0.3 is 0 Å². The van der Waals surface area contributed by atoms with Crippen LogP contribution in [0.2, 0.25) is 19.6 Å². The van der Waals surface area contributed by atoms with E-state index >= 15 is 0 Å². The van der Waals surface area contributed by atoms with Gasteiger partial charge in [-0.3, -0.25) is 4.55 Å². The summed E-state index contributed by atoms with van der Waals surface area (Å²) in [5.74, 6) is 0. The summed E-state index contributed by atoms with van der Waals surface area (Å²) in [6.07, 6.45) is 0. The van der Waals surface area contributed by atoms with Crippen molar-refractivity contribution in [3.8, 4) is 0 Å². The first-order valence-electron chi connectivity index (χ1n) is 4.74. The lowest BCUT2D eigenvalue weighted by Crippen LogP contribution is -2.36. The molecule has 1 aromatic carbocycles. The van der Waals surface area contributed by atoms with E-state index in [-0.39, 0.29) is 0 Å². The van der Waals surface area contributed by atoms with Gasteiger partial charge in [0.15, 0.2) is 0 Å². The second-order valence-corrected chi connectivity index (χ2v) is 11.9. The zero-order valence-corrected chi connectivity index (χ0v) is 11.0. The van der Waals surface area contributed by atoms with E-state index in [4.69, 9.17) is 0 Å². The Balaban J connectivity index is 3.27. The summed E-state index contributed by atoms with van der Waals surface area (Å²) in [5.41, 5.74) is 0.680. The van der Waals surface area contributed by atoms with E-state index in [0.29, 0.717) is 5.56 Å². The minimum Gasteiger partial charge on any atom is -0.285 e. The molecule has 0 saturated carbocycles. The van der Waals surface area contributed by atoms with E-state index in [1.54, 1.807) is 24.3 Å². The second kappa shape index (κ2) is 4.07. The van der Waals surface area contributed by atoms with Gasteiger partial charge in [-0.15, -0.1) is 0 Å². The predicted octanol–water partition coefficient (Wildman–Crippen LogP) is 2.49. The van der Waals surface area contributed by atoms with Crippen LogP contribution in [0.4, 0.5) is 0 Å². The molecular formula is C10H16O3SSi. The van der Waals surface area contributed by atoms with Crippen molar-refractivity contribution in [2.24, 2.45) is 0 Å². The first-order chi connectivity index (χ1) is 6.73. The highest BCUT2D eigenvalue weighted by Crippen LogP contribution is 2.31. The third-order valence-corrected chi connectivity index (χ3v) is 7.98. The molecule has 5 heteroatoms. The van der Waals surface area contributed by atoms with Crippen molar-refractivity contribution in [2.75, 3.05) is 0 Å². The van der Waals surface area contributed by atoms with Gasteiger partial charge in [-0.2, -0.15) is 8.42 Å². The highest BCUT2D eigenvalue weighted by atomic mass is 32.2. The van der Waals surface area contributed by atoms with Crippen LogP contribution in [-0.4, -0.2) is 21.0 Å². The van der Waals surface area contributed by atoms with Crippen LogP contribution in [-0.2, 0) is 10.1 Å². The van der Waals surface area contributed by atoms with Gasteiger partial charge in [-0.25, -0.2) is 0 Å². The van der Waals surface area contributed by atoms with E-state index in [9.17, 15) is 13.0 Å². The van der Waals surface area contributed by atoms with Crippen molar-refractivity contribution in [2.45, 2.75) is 24.5 Å². The van der Waals surface area contributed by atoms with Gasteiger partial charge in [0.25, 0.3) is 10.1 Å². The minimum atomic E-state index is -4.01. The molecule has 1 aromatic rings. The summed E-state index contributed by atoms with van der Waals surface area (Å²) in [6, 6.07) is 8.89. The number of hydrogen-bond acceptors (Lipinski definition) is 2. The smallest absolute Gasteiger partial charge is 0.269 e. The largest absolute Gasteiger partial charge is 0.285 e. The summed E-state index contributed by atoms with van der Waals surface area (Å²) in [5, 5.41) is 0. The summed E-state index contributed by atoms with van der Waals surface area (Å²) >= 11 is 0. The molecule has 0 bridgehead atoms. The SMILES string of the molecule is C[Si](C)(C)C(c1ccccc1)S(=O)(=O)O. The number of rotatable bonds is 3. The Morgan fingerprint density at radius 1 is 1.13 bits per heavy atom. The topological polar surface area (TPSA) is 54.4 Å².